The zero-order chi connectivity index (χ0) is 22.1. The van der Waals surface area contributed by atoms with E-state index < -0.39 is 17.7 Å². The first-order valence-electron chi connectivity index (χ1n) is 11.1. The Morgan fingerprint density at radius 3 is 2.27 bits per heavy atom. The molecule has 1 saturated carbocycles. The molecule has 33 heavy (non-hydrogen) atoms. The molecule has 0 radical (unpaired) electrons. The number of carbonyl (C=O) groups excluding carboxylic acids is 3. The van der Waals surface area contributed by atoms with Gasteiger partial charge in [-0.2, -0.15) is 13.5 Å². The summed E-state index contributed by atoms with van der Waals surface area (Å²) >= 11 is 0. The van der Waals surface area contributed by atoms with Crippen LogP contribution in [0.2, 0.25) is 0 Å². The second-order valence-electron chi connectivity index (χ2n) is 8.77. The summed E-state index contributed by atoms with van der Waals surface area (Å²) in [7, 11) is 0. The molecule has 2 amide bonds. The van der Waals surface area contributed by atoms with Crippen LogP contribution in [0.25, 0.3) is 0 Å². The Labute approximate surface area is 200 Å². The van der Waals surface area contributed by atoms with Crippen LogP contribution in [0.4, 0.5) is 4.79 Å². The Balaban J connectivity index is 0.00000259. The molecule has 3 fully saturated rings. The number of carbonyl (C=O) groups is 3. The minimum absolute atomic E-state index is 0. The van der Waals surface area contributed by atoms with E-state index in [1.165, 1.54) is 4.90 Å². The molecule has 1 aliphatic carbocycles. The van der Waals surface area contributed by atoms with Crippen LogP contribution in [0.3, 0.4) is 0 Å². The lowest BCUT2D eigenvalue weighted by molar-refractivity contribution is -0.122. The second-order valence-corrected chi connectivity index (χ2v) is 8.77. The Morgan fingerprint density at radius 1 is 0.970 bits per heavy atom. The summed E-state index contributed by atoms with van der Waals surface area (Å²) < 4.78 is 11.8. The van der Waals surface area contributed by atoms with E-state index in [0.717, 1.165) is 25.0 Å². The topological polar surface area (TPSA) is 76.2 Å². The SMILES string of the molecule is O=C1CN(C(=O)c2ccccc2)[C@@H]2CCN(C(=O)OC3(COc4ccccc4)CCC3)[C@H]12.S. The van der Waals surface area contributed by atoms with Gasteiger partial charge in [-0.15, -0.1) is 0 Å². The maximum atomic E-state index is 13.1. The Kier molecular flexibility index (Phi) is 6.65. The van der Waals surface area contributed by atoms with E-state index in [-0.39, 0.29) is 44.4 Å². The molecule has 2 aromatic rings. The fourth-order valence-corrected chi connectivity index (χ4v) is 4.87. The molecule has 0 unspecified atom stereocenters. The molecule has 0 aromatic heterocycles. The molecule has 0 bridgehead atoms. The van der Waals surface area contributed by atoms with E-state index in [0.29, 0.717) is 18.5 Å². The fourth-order valence-electron chi connectivity index (χ4n) is 4.87. The molecular weight excluding hydrogens is 440 g/mol. The first-order chi connectivity index (χ1) is 15.6. The van der Waals surface area contributed by atoms with E-state index >= 15 is 0 Å². The summed E-state index contributed by atoms with van der Waals surface area (Å²) in [6, 6.07) is 17.4. The van der Waals surface area contributed by atoms with Crippen LogP contribution in [0.1, 0.15) is 36.0 Å². The minimum Gasteiger partial charge on any atom is -0.489 e. The number of hydrogen-bond donors (Lipinski definition) is 0. The molecule has 2 saturated heterocycles. The first-order valence-corrected chi connectivity index (χ1v) is 11.1. The lowest BCUT2D eigenvalue weighted by atomic mass is 9.80. The van der Waals surface area contributed by atoms with Gasteiger partial charge >= 0.3 is 6.09 Å². The van der Waals surface area contributed by atoms with Gasteiger partial charge in [0.05, 0.1) is 12.6 Å². The number of ether oxygens (including phenoxy) is 2. The van der Waals surface area contributed by atoms with Crippen LogP contribution in [-0.4, -0.2) is 65.0 Å². The summed E-state index contributed by atoms with van der Waals surface area (Å²) in [5, 5.41) is 0. The van der Waals surface area contributed by atoms with Crippen molar-refractivity contribution in [2.75, 3.05) is 19.7 Å². The standard InChI is InChI=1S/C25H26N2O5.H2S/c28-21-16-27(23(29)18-8-3-1-4-9-18)20-12-15-26(22(20)21)24(30)32-25(13-7-14-25)17-31-19-10-5-2-6-11-19;/h1-6,8-11,20,22H,7,12-17H2;1H2/t20-,22+;/m1./s1. The molecule has 2 heterocycles. The number of rotatable bonds is 5. The number of benzene rings is 2. The Hall–Kier alpha value is -3.00. The lowest BCUT2D eigenvalue weighted by Gasteiger charge is -2.41. The normalized spacial score (nSPS) is 22.7. The molecule has 0 N–H and O–H groups in total. The highest BCUT2D eigenvalue weighted by Crippen LogP contribution is 2.38. The number of likely N-dealkylation sites (tertiary alicyclic amines) is 2. The number of para-hydroxylation sites is 1. The molecule has 3 aliphatic rings. The monoisotopic (exact) mass is 468 g/mol. The summed E-state index contributed by atoms with van der Waals surface area (Å²) in [4.78, 5) is 42.0. The van der Waals surface area contributed by atoms with Gasteiger partial charge < -0.3 is 14.4 Å². The van der Waals surface area contributed by atoms with Gasteiger partial charge in [-0.1, -0.05) is 36.4 Å². The first kappa shape index (κ1) is 23.2. The number of amides is 2. The fraction of sp³-hybridized carbons (Fsp3) is 0.400. The van der Waals surface area contributed by atoms with Crippen molar-refractivity contribution in [1.29, 1.82) is 0 Å². The smallest absolute Gasteiger partial charge is 0.411 e. The predicted octanol–water partition coefficient (Wildman–Crippen LogP) is 3.41. The van der Waals surface area contributed by atoms with Gasteiger partial charge in [0.2, 0.25) is 0 Å². The largest absolute Gasteiger partial charge is 0.489 e. The van der Waals surface area contributed by atoms with Crippen LogP contribution in [-0.2, 0) is 9.53 Å². The van der Waals surface area contributed by atoms with Crippen LogP contribution < -0.4 is 4.74 Å². The molecule has 2 aliphatic heterocycles. The predicted molar refractivity (Wildman–Crippen MR) is 127 cm³/mol. The van der Waals surface area contributed by atoms with Crippen molar-refractivity contribution < 1.29 is 23.9 Å². The van der Waals surface area contributed by atoms with Crippen molar-refractivity contribution in [2.24, 2.45) is 0 Å². The quantitative estimate of drug-likeness (QED) is 0.672. The van der Waals surface area contributed by atoms with E-state index in [1.807, 2.05) is 36.4 Å². The van der Waals surface area contributed by atoms with Gasteiger partial charge in [0.25, 0.3) is 5.91 Å². The van der Waals surface area contributed by atoms with Crippen molar-refractivity contribution in [3.8, 4) is 5.75 Å². The minimum atomic E-state index is -0.661. The molecule has 7 nitrogen and oxygen atoms in total. The highest BCUT2D eigenvalue weighted by molar-refractivity contribution is 7.59. The van der Waals surface area contributed by atoms with Crippen LogP contribution in [0.5, 0.6) is 5.75 Å². The zero-order valence-electron chi connectivity index (χ0n) is 18.3. The number of nitrogens with zero attached hydrogens (tertiary/aromatic N) is 2. The third kappa shape index (κ3) is 4.44. The van der Waals surface area contributed by atoms with E-state index in [1.54, 1.807) is 29.2 Å². The third-order valence-corrected chi connectivity index (χ3v) is 6.75. The van der Waals surface area contributed by atoms with Crippen LogP contribution in [0.15, 0.2) is 60.7 Å². The van der Waals surface area contributed by atoms with Gasteiger partial charge in [0.15, 0.2) is 5.78 Å². The van der Waals surface area contributed by atoms with Gasteiger partial charge in [0, 0.05) is 12.1 Å². The zero-order valence-corrected chi connectivity index (χ0v) is 19.3. The summed E-state index contributed by atoms with van der Waals surface area (Å²) in [6.07, 6.45) is 2.52. The van der Waals surface area contributed by atoms with Crippen molar-refractivity contribution in [2.45, 2.75) is 43.4 Å². The van der Waals surface area contributed by atoms with Gasteiger partial charge in [-0.3, -0.25) is 14.5 Å². The highest BCUT2D eigenvalue weighted by atomic mass is 32.1. The maximum absolute atomic E-state index is 13.1. The number of Topliss-reactive ketones (excluding diaryl/α,β-unsaturated/α-hetero) is 1. The van der Waals surface area contributed by atoms with Crippen molar-refractivity contribution >= 4 is 31.3 Å². The van der Waals surface area contributed by atoms with Crippen LogP contribution >= 0.6 is 13.5 Å². The average Bonchev–Trinajstić information content (AvgIpc) is 3.38. The van der Waals surface area contributed by atoms with Crippen molar-refractivity contribution in [3.05, 3.63) is 66.2 Å². The van der Waals surface area contributed by atoms with E-state index in [4.69, 9.17) is 9.47 Å². The average molecular weight is 469 g/mol. The molecule has 2 aromatic carbocycles. The molecule has 174 valence electrons. The second kappa shape index (κ2) is 9.47. The summed E-state index contributed by atoms with van der Waals surface area (Å²) in [5.41, 5.74) is -0.111. The Bertz CT molecular complexity index is 1010. The third-order valence-electron chi connectivity index (χ3n) is 6.75. The molecule has 2 atom stereocenters. The van der Waals surface area contributed by atoms with Gasteiger partial charge in [-0.05, 0) is 49.9 Å². The molecular formula is C25H28N2O5S. The van der Waals surface area contributed by atoms with E-state index in [2.05, 4.69) is 0 Å². The Morgan fingerprint density at radius 2 is 1.64 bits per heavy atom. The molecule has 5 rings (SSSR count). The van der Waals surface area contributed by atoms with Crippen molar-refractivity contribution in [3.63, 3.8) is 0 Å². The van der Waals surface area contributed by atoms with Crippen molar-refractivity contribution in [1.82, 2.24) is 9.80 Å². The highest BCUT2D eigenvalue weighted by Gasteiger charge is 2.53. The lowest BCUT2D eigenvalue weighted by Crippen LogP contribution is -2.52. The van der Waals surface area contributed by atoms with Gasteiger partial charge in [-0.25, -0.2) is 4.79 Å². The summed E-state index contributed by atoms with van der Waals surface area (Å²) in [5.74, 6) is 0.447. The molecule has 0 spiro atoms. The number of hydrogen-bond acceptors (Lipinski definition) is 5. The number of ketones is 1. The molecule has 8 heteroatoms. The maximum Gasteiger partial charge on any atom is 0.411 e. The van der Waals surface area contributed by atoms with E-state index in [9.17, 15) is 14.4 Å². The summed E-state index contributed by atoms with van der Waals surface area (Å²) in [6.45, 7) is 0.709. The van der Waals surface area contributed by atoms with Crippen LogP contribution in [0, 0.1) is 0 Å². The van der Waals surface area contributed by atoms with Gasteiger partial charge in [0.1, 0.15) is 24.0 Å². The number of fused-ring (bicyclic) bond motifs is 1.